The van der Waals surface area contributed by atoms with Crippen LogP contribution >= 0.6 is 11.6 Å². The number of ether oxygens (including phenoxy) is 2. The summed E-state index contributed by atoms with van der Waals surface area (Å²) in [6, 6.07) is 0. The average Bonchev–Trinajstić information content (AvgIpc) is 2.11. The summed E-state index contributed by atoms with van der Waals surface area (Å²) in [4.78, 5) is 10.8. The Balaban J connectivity index is 3.02. The van der Waals surface area contributed by atoms with Crippen molar-refractivity contribution in [3.8, 4) is 0 Å². The van der Waals surface area contributed by atoms with Gasteiger partial charge in [-0.3, -0.25) is 0 Å². The molecule has 0 amide bonds. The molecule has 0 saturated carbocycles. The van der Waals surface area contributed by atoms with Gasteiger partial charge in [-0.25, -0.2) is 4.79 Å². The lowest BCUT2D eigenvalue weighted by atomic mass is 10.3. The highest BCUT2D eigenvalue weighted by Gasteiger charge is 1.99. The Morgan fingerprint density at radius 2 is 2.08 bits per heavy atom. The van der Waals surface area contributed by atoms with Crippen LogP contribution < -0.4 is 0 Å². The highest BCUT2D eigenvalue weighted by atomic mass is 35.5. The van der Waals surface area contributed by atoms with Crippen LogP contribution in [0.25, 0.3) is 0 Å². The third-order valence-electron chi connectivity index (χ3n) is 1.45. The van der Waals surface area contributed by atoms with Gasteiger partial charge >= 0.3 is 5.97 Å². The largest absolute Gasteiger partial charge is 0.464 e. The van der Waals surface area contributed by atoms with Crippen molar-refractivity contribution in [2.75, 3.05) is 25.7 Å². The highest BCUT2D eigenvalue weighted by Crippen LogP contribution is 1.97. The Bertz CT molecular complexity index is 128. The molecule has 13 heavy (non-hydrogen) atoms. The van der Waals surface area contributed by atoms with Gasteiger partial charge in [0.25, 0.3) is 0 Å². The summed E-state index contributed by atoms with van der Waals surface area (Å²) in [5, 5.41) is 0. The van der Waals surface area contributed by atoms with Crippen LogP contribution in [0.2, 0.25) is 0 Å². The summed E-state index contributed by atoms with van der Waals surface area (Å²) < 4.78 is 9.76. The molecule has 0 aliphatic carbocycles. The SMILES string of the molecule is CCOC(=O)COCCCCCCl. The number of hydrogen-bond acceptors (Lipinski definition) is 3. The zero-order valence-electron chi connectivity index (χ0n) is 8.05. The van der Waals surface area contributed by atoms with Crippen molar-refractivity contribution in [2.24, 2.45) is 0 Å². The molecule has 0 aromatic rings. The number of alkyl halides is 1. The van der Waals surface area contributed by atoms with Crippen LogP contribution in [-0.2, 0) is 14.3 Å². The Morgan fingerprint density at radius 3 is 2.69 bits per heavy atom. The molecule has 78 valence electrons. The molecule has 0 fully saturated rings. The van der Waals surface area contributed by atoms with Crippen molar-refractivity contribution in [3.63, 3.8) is 0 Å². The Hall–Kier alpha value is -0.280. The molecular weight excluding hydrogens is 192 g/mol. The quantitative estimate of drug-likeness (QED) is 0.348. The normalized spacial score (nSPS) is 10.0. The van der Waals surface area contributed by atoms with Crippen LogP contribution in [0.5, 0.6) is 0 Å². The zero-order chi connectivity index (χ0) is 9.94. The first-order chi connectivity index (χ1) is 6.31. The Kier molecular flexibility index (Phi) is 9.59. The lowest BCUT2D eigenvalue weighted by Crippen LogP contribution is -2.12. The van der Waals surface area contributed by atoms with E-state index in [1.165, 1.54) is 0 Å². The molecule has 0 aliphatic rings. The second-order valence-corrected chi connectivity index (χ2v) is 2.99. The van der Waals surface area contributed by atoms with Gasteiger partial charge in [0.05, 0.1) is 6.61 Å². The van der Waals surface area contributed by atoms with Crippen molar-refractivity contribution in [1.29, 1.82) is 0 Å². The van der Waals surface area contributed by atoms with Crippen molar-refractivity contribution in [3.05, 3.63) is 0 Å². The molecule has 0 aromatic heterocycles. The van der Waals surface area contributed by atoms with Gasteiger partial charge in [-0.15, -0.1) is 11.6 Å². The Labute approximate surface area is 84.4 Å². The van der Waals surface area contributed by atoms with E-state index in [0.717, 1.165) is 19.3 Å². The molecule has 0 aliphatic heterocycles. The van der Waals surface area contributed by atoms with Crippen LogP contribution in [0.1, 0.15) is 26.2 Å². The molecular formula is C9H17ClO3. The highest BCUT2D eigenvalue weighted by molar-refractivity contribution is 6.17. The first kappa shape index (κ1) is 12.7. The van der Waals surface area contributed by atoms with E-state index in [-0.39, 0.29) is 12.6 Å². The number of esters is 1. The first-order valence-corrected chi connectivity index (χ1v) is 5.14. The predicted molar refractivity (Wildman–Crippen MR) is 52.0 cm³/mol. The van der Waals surface area contributed by atoms with Crippen LogP contribution in [0.15, 0.2) is 0 Å². The number of rotatable bonds is 8. The number of hydrogen-bond donors (Lipinski definition) is 0. The van der Waals surface area contributed by atoms with E-state index < -0.39 is 0 Å². The summed E-state index contributed by atoms with van der Waals surface area (Å²) in [5.41, 5.74) is 0. The fourth-order valence-electron chi connectivity index (χ4n) is 0.834. The number of carbonyl (C=O) groups excluding carboxylic acids is 1. The molecule has 0 bridgehead atoms. The maximum absolute atomic E-state index is 10.8. The van der Waals surface area contributed by atoms with Crippen molar-refractivity contribution in [2.45, 2.75) is 26.2 Å². The first-order valence-electron chi connectivity index (χ1n) is 4.60. The molecule has 0 unspecified atom stereocenters. The van der Waals surface area contributed by atoms with Gasteiger partial charge in [-0.1, -0.05) is 0 Å². The summed E-state index contributed by atoms with van der Waals surface area (Å²) in [6.07, 6.45) is 3.00. The van der Waals surface area contributed by atoms with Gasteiger partial charge in [0, 0.05) is 12.5 Å². The van der Waals surface area contributed by atoms with E-state index in [4.69, 9.17) is 16.3 Å². The standard InChI is InChI=1S/C9H17ClO3/c1-2-13-9(11)8-12-7-5-3-4-6-10/h2-8H2,1H3. The number of unbranched alkanes of at least 4 members (excludes halogenated alkanes) is 2. The fourth-order valence-corrected chi connectivity index (χ4v) is 1.02. The molecule has 0 saturated heterocycles. The third-order valence-corrected chi connectivity index (χ3v) is 1.71. The topological polar surface area (TPSA) is 35.5 Å². The van der Waals surface area contributed by atoms with Crippen LogP contribution in [0, 0.1) is 0 Å². The van der Waals surface area contributed by atoms with E-state index in [1.807, 2.05) is 0 Å². The minimum absolute atomic E-state index is 0.0642. The van der Waals surface area contributed by atoms with E-state index >= 15 is 0 Å². The molecule has 4 heteroatoms. The smallest absolute Gasteiger partial charge is 0.332 e. The second kappa shape index (κ2) is 9.81. The van der Waals surface area contributed by atoms with Crippen molar-refractivity contribution >= 4 is 17.6 Å². The molecule has 0 aromatic carbocycles. The second-order valence-electron chi connectivity index (χ2n) is 2.61. The maximum Gasteiger partial charge on any atom is 0.332 e. The van der Waals surface area contributed by atoms with Gasteiger partial charge in [0.2, 0.25) is 0 Å². The van der Waals surface area contributed by atoms with Gasteiger partial charge < -0.3 is 9.47 Å². The minimum Gasteiger partial charge on any atom is -0.464 e. The summed E-state index contributed by atoms with van der Waals surface area (Å²) in [6.45, 7) is 2.86. The monoisotopic (exact) mass is 208 g/mol. The van der Waals surface area contributed by atoms with E-state index in [1.54, 1.807) is 6.92 Å². The van der Waals surface area contributed by atoms with E-state index in [2.05, 4.69) is 4.74 Å². The van der Waals surface area contributed by atoms with Crippen LogP contribution in [0.4, 0.5) is 0 Å². The molecule has 0 atom stereocenters. The summed E-state index contributed by atoms with van der Waals surface area (Å²) in [7, 11) is 0. The maximum atomic E-state index is 10.8. The molecule has 3 nitrogen and oxygen atoms in total. The lowest BCUT2D eigenvalue weighted by Gasteiger charge is -2.03. The van der Waals surface area contributed by atoms with Crippen LogP contribution in [-0.4, -0.2) is 31.7 Å². The molecule has 0 spiro atoms. The van der Waals surface area contributed by atoms with Crippen LogP contribution in [0.3, 0.4) is 0 Å². The van der Waals surface area contributed by atoms with Gasteiger partial charge in [0.1, 0.15) is 6.61 Å². The van der Waals surface area contributed by atoms with Gasteiger partial charge in [0.15, 0.2) is 0 Å². The summed E-state index contributed by atoms with van der Waals surface area (Å²) in [5.74, 6) is 0.401. The fraction of sp³-hybridized carbons (Fsp3) is 0.889. The summed E-state index contributed by atoms with van der Waals surface area (Å²) >= 11 is 5.49. The molecule has 0 heterocycles. The van der Waals surface area contributed by atoms with Gasteiger partial charge in [-0.05, 0) is 26.2 Å². The number of carbonyl (C=O) groups is 1. The van der Waals surface area contributed by atoms with E-state index in [9.17, 15) is 4.79 Å². The molecule has 0 N–H and O–H groups in total. The lowest BCUT2D eigenvalue weighted by molar-refractivity contribution is -0.148. The molecule has 0 radical (unpaired) electrons. The Morgan fingerprint density at radius 1 is 1.31 bits per heavy atom. The van der Waals surface area contributed by atoms with Gasteiger partial charge in [-0.2, -0.15) is 0 Å². The number of halogens is 1. The third kappa shape index (κ3) is 9.64. The average molecular weight is 209 g/mol. The van der Waals surface area contributed by atoms with Crippen molar-refractivity contribution in [1.82, 2.24) is 0 Å². The molecule has 0 rings (SSSR count). The zero-order valence-corrected chi connectivity index (χ0v) is 8.81. The van der Waals surface area contributed by atoms with Crippen molar-refractivity contribution < 1.29 is 14.3 Å². The minimum atomic E-state index is -0.292. The van der Waals surface area contributed by atoms with E-state index in [0.29, 0.717) is 19.1 Å². The predicted octanol–water partition coefficient (Wildman–Crippen LogP) is 1.98.